The molecule has 1 aromatic carbocycles. The Kier molecular flexibility index (Phi) is 3.53. The minimum Gasteiger partial charge on any atom is -0.314 e. The number of hydrogen-bond donors (Lipinski definition) is 1. The van der Waals surface area contributed by atoms with Gasteiger partial charge in [-0.2, -0.15) is 5.10 Å². The summed E-state index contributed by atoms with van der Waals surface area (Å²) in [5.74, 6) is 0. The maximum Gasteiger partial charge on any atom is 0.0769 e. The van der Waals surface area contributed by atoms with Crippen LogP contribution in [0, 0.1) is 0 Å². The summed E-state index contributed by atoms with van der Waals surface area (Å²) in [6.45, 7) is 7.32. The third kappa shape index (κ3) is 2.62. The van der Waals surface area contributed by atoms with Gasteiger partial charge in [-0.1, -0.05) is 30.3 Å². The fraction of sp³-hybridized carbons (Fsp3) is 0.400. The van der Waals surface area contributed by atoms with Gasteiger partial charge in [0.2, 0.25) is 0 Å². The quantitative estimate of drug-likeness (QED) is 0.898. The second-order valence-corrected chi connectivity index (χ2v) is 5.50. The molecule has 3 nitrogen and oxygen atoms in total. The van der Waals surface area contributed by atoms with Crippen molar-refractivity contribution >= 4 is 0 Å². The number of hydrogen-bond acceptors (Lipinski definition) is 2. The predicted molar refractivity (Wildman–Crippen MR) is 75.4 cm³/mol. The standard InChI is InChI=1S/C15H21N3/c1-15(2,3)18-14(10-13(17-18)11-16-4)12-8-6-5-7-9-12/h5-10,16H,11H2,1-4H3. The van der Waals surface area contributed by atoms with Crippen LogP contribution in [0.3, 0.4) is 0 Å². The first-order chi connectivity index (χ1) is 8.52. The van der Waals surface area contributed by atoms with Gasteiger partial charge in [-0.05, 0) is 39.4 Å². The Bertz CT molecular complexity index is 506. The first-order valence-corrected chi connectivity index (χ1v) is 6.32. The topological polar surface area (TPSA) is 29.9 Å². The highest BCUT2D eigenvalue weighted by Crippen LogP contribution is 2.26. The minimum atomic E-state index is -0.0167. The molecule has 96 valence electrons. The molecule has 0 radical (unpaired) electrons. The van der Waals surface area contributed by atoms with Crippen LogP contribution in [0.15, 0.2) is 36.4 Å². The smallest absolute Gasteiger partial charge is 0.0769 e. The predicted octanol–water partition coefficient (Wildman–Crippen LogP) is 3.02. The summed E-state index contributed by atoms with van der Waals surface area (Å²) in [7, 11) is 1.94. The van der Waals surface area contributed by atoms with Crippen LogP contribution < -0.4 is 5.32 Å². The van der Waals surface area contributed by atoms with Crippen LogP contribution in [0.5, 0.6) is 0 Å². The Morgan fingerprint density at radius 1 is 1.17 bits per heavy atom. The lowest BCUT2D eigenvalue weighted by Crippen LogP contribution is -2.24. The molecule has 3 heteroatoms. The highest BCUT2D eigenvalue weighted by molar-refractivity contribution is 5.60. The van der Waals surface area contributed by atoms with Crippen molar-refractivity contribution in [3.8, 4) is 11.3 Å². The number of nitrogens with zero attached hydrogens (tertiary/aromatic N) is 2. The van der Waals surface area contributed by atoms with E-state index in [4.69, 9.17) is 5.10 Å². The van der Waals surface area contributed by atoms with Gasteiger partial charge in [0, 0.05) is 6.54 Å². The van der Waals surface area contributed by atoms with E-state index in [2.05, 4.69) is 61.1 Å². The summed E-state index contributed by atoms with van der Waals surface area (Å²) < 4.78 is 2.11. The van der Waals surface area contributed by atoms with Crippen LogP contribution in [-0.4, -0.2) is 16.8 Å². The van der Waals surface area contributed by atoms with Crippen molar-refractivity contribution in [2.24, 2.45) is 0 Å². The molecule has 0 aliphatic carbocycles. The van der Waals surface area contributed by atoms with Crippen LogP contribution in [-0.2, 0) is 12.1 Å². The average molecular weight is 243 g/mol. The molecule has 0 amide bonds. The second-order valence-electron chi connectivity index (χ2n) is 5.50. The SMILES string of the molecule is CNCc1cc(-c2ccccc2)n(C(C)(C)C)n1. The van der Waals surface area contributed by atoms with Gasteiger partial charge in [0.1, 0.15) is 0 Å². The minimum absolute atomic E-state index is 0.0167. The van der Waals surface area contributed by atoms with E-state index in [1.54, 1.807) is 0 Å². The van der Waals surface area contributed by atoms with Gasteiger partial charge in [0.25, 0.3) is 0 Å². The van der Waals surface area contributed by atoms with Crippen molar-refractivity contribution in [1.29, 1.82) is 0 Å². The molecule has 0 atom stereocenters. The lowest BCUT2D eigenvalue weighted by molar-refractivity contribution is 0.357. The van der Waals surface area contributed by atoms with Gasteiger partial charge in [-0.25, -0.2) is 0 Å². The molecule has 2 rings (SSSR count). The van der Waals surface area contributed by atoms with E-state index in [0.29, 0.717) is 0 Å². The Hall–Kier alpha value is -1.61. The average Bonchev–Trinajstić information content (AvgIpc) is 2.75. The fourth-order valence-electron chi connectivity index (χ4n) is 2.02. The summed E-state index contributed by atoms with van der Waals surface area (Å²) >= 11 is 0. The fourth-order valence-corrected chi connectivity index (χ4v) is 2.02. The van der Waals surface area contributed by atoms with Crippen LogP contribution >= 0.6 is 0 Å². The maximum atomic E-state index is 4.70. The summed E-state index contributed by atoms with van der Waals surface area (Å²) in [5.41, 5.74) is 3.44. The van der Waals surface area contributed by atoms with Crippen molar-refractivity contribution in [1.82, 2.24) is 15.1 Å². The molecule has 0 saturated heterocycles. The normalized spacial score (nSPS) is 11.8. The number of benzene rings is 1. The zero-order valence-corrected chi connectivity index (χ0v) is 11.6. The van der Waals surface area contributed by atoms with Crippen LogP contribution in [0.2, 0.25) is 0 Å². The molecule has 0 bridgehead atoms. The molecule has 0 aliphatic rings. The zero-order chi connectivity index (χ0) is 13.2. The molecular formula is C15H21N3. The third-order valence-corrected chi connectivity index (χ3v) is 2.82. The summed E-state index contributed by atoms with van der Waals surface area (Å²) in [4.78, 5) is 0. The molecule has 18 heavy (non-hydrogen) atoms. The number of aromatic nitrogens is 2. The summed E-state index contributed by atoms with van der Waals surface area (Å²) in [6, 6.07) is 12.6. The maximum absolute atomic E-state index is 4.70. The van der Waals surface area contributed by atoms with Gasteiger partial charge in [-0.3, -0.25) is 4.68 Å². The van der Waals surface area contributed by atoms with Crippen LogP contribution in [0.1, 0.15) is 26.5 Å². The molecule has 0 fully saturated rings. The first-order valence-electron chi connectivity index (χ1n) is 6.32. The van der Waals surface area contributed by atoms with Crippen molar-refractivity contribution < 1.29 is 0 Å². The number of rotatable bonds is 3. The monoisotopic (exact) mass is 243 g/mol. The second kappa shape index (κ2) is 4.94. The van der Waals surface area contributed by atoms with E-state index in [-0.39, 0.29) is 5.54 Å². The van der Waals surface area contributed by atoms with Crippen molar-refractivity contribution in [2.45, 2.75) is 32.9 Å². The molecule has 0 saturated carbocycles. The summed E-state index contributed by atoms with van der Waals surface area (Å²) in [5, 5.41) is 7.85. The van der Waals surface area contributed by atoms with Crippen molar-refractivity contribution in [3.63, 3.8) is 0 Å². The van der Waals surface area contributed by atoms with E-state index in [0.717, 1.165) is 12.2 Å². The van der Waals surface area contributed by atoms with Crippen molar-refractivity contribution in [2.75, 3.05) is 7.05 Å². The summed E-state index contributed by atoms with van der Waals surface area (Å²) in [6.07, 6.45) is 0. The van der Waals surface area contributed by atoms with E-state index >= 15 is 0 Å². The Labute approximate surface area is 109 Å². The molecule has 0 unspecified atom stereocenters. The largest absolute Gasteiger partial charge is 0.314 e. The highest BCUT2D eigenvalue weighted by Gasteiger charge is 2.20. The molecular weight excluding hydrogens is 222 g/mol. The van der Waals surface area contributed by atoms with Crippen LogP contribution in [0.4, 0.5) is 0 Å². The Balaban J connectivity index is 2.51. The Morgan fingerprint density at radius 3 is 2.39 bits per heavy atom. The Morgan fingerprint density at radius 2 is 1.83 bits per heavy atom. The van der Waals surface area contributed by atoms with Gasteiger partial charge in [0.05, 0.1) is 16.9 Å². The number of nitrogens with one attached hydrogen (secondary N) is 1. The van der Waals surface area contributed by atoms with E-state index in [9.17, 15) is 0 Å². The highest BCUT2D eigenvalue weighted by atomic mass is 15.3. The molecule has 2 aromatic rings. The lowest BCUT2D eigenvalue weighted by atomic mass is 10.1. The molecule has 1 heterocycles. The van der Waals surface area contributed by atoms with Crippen molar-refractivity contribution in [3.05, 3.63) is 42.1 Å². The van der Waals surface area contributed by atoms with Gasteiger partial charge in [0.15, 0.2) is 0 Å². The molecule has 1 N–H and O–H groups in total. The first kappa shape index (κ1) is 12.8. The lowest BCUT2D eigenvalue weighted by Gasteiger charge is -2.22. The van der Waals surface area contributed by atoms with E-state index in [1.165, 1.54) is 11.3 Å². The van der Waals surface area contributed by atoms with Gasteiger partial charge < -0.3 is 5.32 Å². The van der Waals surface area contributed by atoms with Gasteiger partial charge >= 0.3 is 0 Å². The molecule has 1 aromatic heterocycles. The molecule has 0 spiro atoms. The van der Waals surface area contributed by atoms with Gasteiger partial charge in [-0.15, -0.1) is 0 Å². The molecule has 0 aliphatic heterocycles. The zero-order valence-electron chi connectivity index (χ0n) is 11.6. The van der Waals surface area contributed by atoms with E-state index in [1.807, 2.05) is 13.1 Å². The van der Waals surface area contributed by atoms with E-state index < -0.39 is 0 Å². The third-order valence-electron chi connectivity index (χ3n) is 2.82. The van der Waals surface area contributed by atoms with Crippen LogP contribution in [0.25, 0.3) is 11.3 Å².